The predicted octanol–water partition coefficient (Wildman–Crippen LogP) is 1.81. The van der Waals surface area contributed by atoms with Gasteiger partial charge in [-0.25, -0.2) is 4.98 Å². The zero-order valence-electron chi connectivity index (χ0n) is 8.45. The number of aryl methyl sites for hydroxylation is 2. The summed E-state index contributed by atoms with van der Waals surface area (Å²) in [5.41, 5.74) is 1.13. The van der Waals surface area contributed by atoms with Gasteiger partial charge < -0.3 is 9.47 Å². The van der Waals surface area contributed by atoms with Crippen molar-refractivity contribution in [3.05, 3.63) is 11.9 Å². The van der Waals surface area contributed by atoms with Crippen molar-refractivity contribution in [1.29, 1.82) is 0 Å². The van der Waals surface area contributed by atoms with E-state index in [2.05, 4.69) is 34.5 Å². The summed E-state index contributed by atoms with van der Waals surface area (Å²) in [5, 5.41) is 0. The highest BCUT2D eigenvalue weighted by molar-refractivity contribution is 5.34. The molecule has 1 aliphatic heterocycles. The largest absolute Gasteiger partial charge is 0.342 e. The zero-order valence-corrected chi connectivity index (χ0v) is 8.45. The van der Waals surface area contributed by atoms with E-state index in [0.717, 1.165) is 18.2 Å². The highest BCUT2D eigenvalue weighted by atomic mass is 15.3. The lowest BCUT2D eigenvalue weighted by molar-refractivity contribution is 0.731. The van der Waals surface area contributed by atoms with Gasteiger partial charge in [0.1, 0.15) is 0 Å². The maximum atomic E-state index is 4.55. The van der Waals surface area contributed by atoms with Gasteiger partial charge in [0.25, 0.3) is 0 Å². The third-order valence-electron chi connectivity index (χ3n) is 2.61. The van der Waals surface area contributed by atoms with E-state index < -0.39 is 0 Å². The Morgan fingerprint density at radius 3 is 2.69 bits per heavy atom. The van der Waals surface area contributed by atoms with Crippen molar-refractivity contribution >= 4 is 5.95 Å². The van der Waals surface area contributed by atoms with E-state index in [9.17, 15) is 0 Å². The molecule has 0 aliphatic carbocycles. The monoisotopic (exact) mass is 179 g/mol. The maximum absolute atomic E-state index is 4.55. The van der Waals surface area contributed by atoms with Crippen LogP contribution in [0.5, 0.6) is 0 Å². The summed E-state index contributed by atoms with van der Waals surface area (Å²) in [4.78, 5) is 6.94. The van der Waals surface area contributed by atoms with E-state index >= 15 is 0 Å². The Morgan fingerprint density at radius 2 is 2.08 bits per heavy atom. The zero-order chi connectivity index (χ0) is 9.26. The first-order valence-electron chi connectivity index (χ1n) is 5.10. The molecule has 0 unspecified atom stereocenters. The maximum Gasteiger partial charge on any atom is 0.205 e. The molecule has 0 radical (unpaired) electrons. The minimum atomic E-state index is 1.02. The molecule has 13 heavy (non-hydrogen) atoms. The van der Waals surface area contributed by atoms with Crippen molar-refractivity contribution in [2.45, 2.75) is 33.2 Å². The summed E-state index contributed by atoms with van der Waals surface area (Å²) >= 11 is 0. The molecule has 0 atom stereocenters. The van der Waals surface area contributed by atoms with Crippen LogP contribution in [0.2, 0.25) is 0 Å². The molecule has 72 valence electrons. The lowest BCUT2D eigenvalue weighted by atomic mass is 10.4. The first-order chi connectivity index (χ1) is 6.31. The molecule has 1 fully saturated rings. The van der Waals surface area contributed by atoms with Crippen LogP contribution in [0.15, 0.2) is 6.20 Å². The number of aromatic nitrogens is 2. The van der Waals surface area contributed by atoms with Crippen LogP contribution < -0.4 is 4.90 Å². The van der Waals surface area contributed by atoms with Crippen molar-refractivity contribution in [1.82, 2.24) is 9.55 Å². The summed E-state index contributed by atoms with van der Waals surface area (Å²) in [6, 6.07) is 0. The van der Waals surface area contributed by atoms with Gasteiger partial charge in [0.2, 0.25) is 5.95 Å². The lowest BCUT2D eigenvalue weighted by Crippen LogP contribution is -2.21. The highest BCUT2D eigenvalue weighted by Gasteiger charge is 2.16. The van der Waals surface area contributed by atoms with Crippen LogP contribution in [0.25, 0.3) is 0 Å². The summed E-state index contributed by atoms with van der Waals surface area (Å²) < 4.78 is 2.24. The minimum absolute atomic E-state index is 1.02. The lowest BCUT2D eigenvalue weighted by Gasteiger charge is -2.16. The first kappa shape index (κ1) is 8.60. The molecular formula is C10H17N3. The summed E-state index contributed by atoms with van der Waals surface area (Å²) in [7, 11) is 0. The van der Waals surface area contributed by atoms with E-state index in [4.69, 9.17) is 0 Å². The number of rotatable bonds is 2. The van der Waals surface area contributed by atoms with Gasteiger partial charge in [-0.15, -0.1) is 0 Å². The van der Waals surface area contributed by atoms with E-state index in [0.29, 0.717) is 0 Å². The van der Waals surface area contributed by atoms with Gasteiger partial charge in [-0.2, -0.15) is 0 Å². The quantitative estimate of drug-likeness (QED) is 0.690. The van der Waals surface area contributed by atoms with E-state index in [-0.39, 0.29) is 0 Å². The van der Waals surface area contributed by atoms with Crippen LogP contribution in [0, 0.1) is 6.92 Å². The Balaban J connectivity index is 2.26. The van der Waals surface area contributed by atoms with Crippen LogP contribution in [-0.2, 0) is 6.54 Å². The number of hydrogen-bond acceptors (Lipinski definition) is 2. The highest BCUT2D eigenvalue weighted by Crippen LogP contribution is 2.19. The number of hydrogen-bond donors (Lipinski definition) is 0. The second-order valence-electron chi connectivity index (χ2n) is 3.66. The van der Waals surface area contributed by atoms with Crippen molar-refractivity contribution in [3.63, 3.8) is 0 Å². The fourth-order valence-corrected chi connectivity index (χ4v) is 1.94. The second kappa shape index (κ2) is 3.40. The summed E-state index contributed by atoms with van der Waals surface area (Å²) in [5.74, 6) is 1.16. The Kier molecular flexibility index (Phi) is 2.25. The number of nitrogens with zero attached hydrogens (tertiary/aromatic N) is 3. The van der Waals surface area contributed by atoms with Crippen LogP contribution >= 0.6 is 0 Å². The molecular weight excluding hydrogens is 162 g/mol. The average molecular weight is 179 g/mol. The molecule has 1 saturated heterocycles. The van der Waals surface area contributed by atoms with Gasteiger partial charge in [-0.05, 0) is 26.7 Å². The summed E-state index contributed by atoms with van der Waals surface area (Å²) in [6.07, 6.45) is 4.76. The van der Waals surface area contributed by atoms with Gasteiger partial charge in [0.15, 0.2) is 0 Å². The molecule has 3 heteroatoms. The molecule has 0 amide bonds. The number of imidazole rings is 1. The first-order valence-corrected chi connectivity index (χ1v) is 5.10. The third kappa shape index (κ3) is 1.55. The Bertz CT molecular complexity index is 284. The minimum Gasteiger partial charge on any atom is -0.342 e. The third-order valence-corrected chi connectivity index (χ3v) is 2.61. The fourth-order valence-electron chi connectivity index (χ4n) is 1.94. The topological polar surface area (TPSA) is 21.1 Å². The van der Waals surface area contributed by atoms with Gasteiger partial charge >= 0.3 is 0 Å². The van der Waals surface area contributed by atoms with Gasteiger partial charge in [-0.3, -0.25) is 0 Å². The fraction of sp³-hybridized carbons (Fsp3) is 0.700. The van der Waals surface area contributed by atoms with E-state index in [1.807, 2.05) is 0 Å². The predicted molar refractivity (Wildman–Crippen MR) is 54.1 cm³/mol. The average Bonchev–Trinajstić information content (AvgIpc) is 2.71. The smallest absolute Gasteiger partial charge is 0.205 e. The van der Waals surface area contributed by atoms with E-state index in [1.165, 1.54) is 25.9 Å². The van der Waals surface area contributed by atoms with Crippen LogP contribution in [0.4, 0.5) is 5.95 Å². The van der Waals surface area contributed by atoms with E-state index in [1.54, 1.807) is 0 Å². The van der Waals surface area contributed by atoms with Gasteiger partial charge in [-0.1, -0.05) is 0 Å². The second-order valence-corrected chi connectivity index (χ2v) is 3.66. The Labute approximate surface area is 79.4 Å². The molecule has 0 N–H and O–H groups in total. The molecule has 0 bridgehead atoms. The van der Waals surface area contributed by atoms with Crippen molar-refractivity contribution in [2.24, 2.45) is 0 Å². The Morgan fingerprint density at radius 1 is 1.38 bits per heavy atom. The molecule has 1 aromatic rings. The molecule has 1 aliphatic rings. The van der Waals surface area contributed by atoms with Crippen molar-refractivity contribution in [2.75, 3.05) is 18.0 Å². The molecule has 1 aromatic heterocycles. The summed E-state index contributed by atoms with van der Waals surface area (Å²) in [6.45, 7) is 7.60. The Hall–Kier alpha value is -0.990. The molecule has 0 spiro atoms. The van der Waals surface area contributed by atoms with Gasteiger partial charge in [0.05, 0.1) is 5.69 Å². The van der Waals surface area contributed by atoms with Crippen molar-refractivity contribution in [3.8, 4) is 0 Å². The van der Waals surface area contributed by atoms with Crippen LogP contribution in [0.3, 0.4) is 0 Å². The molecule has 2 heterocycles. The number of anilines is 1. The normalized spacial score (nSPS) is 16.9. The standard InChI is InChI=1S/C10H17N3/c1-3-12-8-9(2)11-10(12)13-6-4-5-7-13/h8H,3-7H2,1-2H3. The van der Waals surface area contributed by atoms with Crippen LogP contribution in [-0.4, -0.2) is 22.6 Å². The molecule has 3 nitrogen and oxygen atoms in total. The molecule has 2 rings (SSSR count). The molecule has 0 aromatic carbocycles. The van der Waals surface area contributed by atoms with Crippen molar-refractivity contribution < 1.29 is 0 Å². The molecule has 0 saturated carbocycles. The van der Waals surface area contributed by atoms with Gasteiger partial charge in [0, 0.05) is 25.8 Å². The SMILES string of the molecule is CCn1cc(C)nc1N1CCCC1. The van der Waals surface area contributed by atoms with Crippen LogP contribution in [0.1, 0.15) is 25.5 Å².